The van der Waals surface area contributed by atoms with Gasteiger partial charge in [-0.3, -0.25) is 0 Å². The molecule has 0 N–H and O–H groups in total. The standard InChI is InChI=1S/C10H9Br2F/c11-6-2-1-3-8-4-5-10(13)9(12)7-8/h1,3-5,7H,2,6H2. The Morgan fingerprint density at radius 3 is 2.77 bits per heavy atom. The van der Waals surface area contributed by atoms with Gasteiger partial charge in [-0.05, 0) is 40.0 Å². The minimum atomic E-state index is -0.224. The monoisotopic (exact) mass is 306 g/mol. The van der Waals surface area contributed by atoms with Gasteiger partial charge in [-0.15, -0.1) is 0 Å². The predicted octanol–water partition coefficient (Wildman–Crippen LogP) is 4.39. The van der Waals surface area contributed by atoms with Crippen molar-refractivity contribution in [1.82, 2.24) is 0 Å². The van der Waals surface area contributed by atoms with Gasteiger partial charge in [0, 0.05) is 5.33 Å². The number of benzene rings is 1. The molecule has 13 heavy (non-hydrogen) atoms. The lowest BCUT2D eigenvalue weighted by atomic mass is 10.2. The van der Waals surface area contributed by atoms with Gasteiger partial charge in [0.2, 0.25) is 0 Å². The zero-order valence-electron chi connectivity index (χ0n) is 6.93. The van der Waals surface area contributed by atoms with Gasteiger partial charge in [-0.25, -0.2) is 4.39 Å². The average molecular weight is 308 g/mol. The van der Waals surface area contributed by atoms with Gasteiger partial charge < -0.3 is 0 Å². The van der Waals surface area contributed by atoms with Crippen LogP contribution in [-0.4, -0.2) is 5.33 Å². The molecule has 0 aliphatic heterocycles. The Bertz CT molecular complexity index is 308. The number of rotatable bonds is 3. The molecule has 0 fully saturated rings. The topological polar surface area (TPSA) is 0 Å². The highest BCUT2D eigenvalue weighted by molar-refractivity contribution is 9.10. The Morgan fingerprint density at radius 1 is 1.38 bits per heavy atom. The number of alkyl halides is 1. The van der Waals surface area contributed by atoms with Crippen LogP contribution in [0.25, 0.3) is 6.08 Å². The van der Waals surface area contributed by atoms with Crippen LogP contribution in [0.3, 0.4) is 0 Å². The summed E-state index contributed by atoms with van der Waals surface area (Å²) in [4.78, 5) is 0. The van der Waals surface area contributed by atoms with E-state index in [2.05, 4.69) is 37.9 Å². The number of halogens is 3. The first-order chi connectivity index (χ1) is 6.24. The van der Waals surface area contributed by atoms with Crippen LogP contribution in [-0.2, 0) is 0 Å². The first kappa shape index (κ1) is 10.9. The van der Waals surface area contributed by atoms with E-state index in [1.165, 1.54) is 6.07 Å². The van der Waals surface area contributed by atoms with Crippen molar-refractivity contribution in [2.75, 3.05) is 5.33 Å². The number of hydrogen-bond donors (Lipinski definition) is 0. The Morgan fingerprint density at radius 2 is 2.15 bits per heavy atom. The number of hydrogen-bond acceptors (Lipinski definition) is 0. The van der Waals surface area contributed by atoms with Crippen LogP contribution in [0.4, 0.5) is 4.39 Å². The highest BCUT2D eigenvalue weighted by Crippen LogP contribution is 2.17. The lowest BCUT2D eigenvalue weighted by Crippen LogP contribution is -1.78. The fourth-order valence-electron chi connectivity index (χ4n) is 0.898. The van der Waals surface area contributed by atoms with Crippen molar-refractivity contribution >= 4 is 37.9 Å². The summed E-state index contributed by atoms with van der Waals surface area (Å²) in [5.41, 5.74) is 1.01. The minimum Gasteiger partial charge on any atom is -0.206 e. The molecule has 0 saturated heterocycles. The van der Waals surface area contributed by atoms with Gasteiger partial charge >= 0.3 is 0 Å². The van der Waals surface area contributed by atoms with E-state index in [-0.39, 0.29) is 5.82 Å². The maximum Gasteiger partial charge on any atom is 0.137 e. The van der Waals surface area contributed by atoms with E-state index < -0.39 is 0 Å². The normalized spacial score (nSPS) is 11.0. The van der Waals surface area contributed by atoms with Crippen molar-refractivity contribution in [3.63, 3.8) is 0 Å². The Hall–Kier alpha value is -0.150. The van der Waals surface area contributed by atoms with Crippen molar-refractivity contribution in [2.24, 2.45) is 0 Å². The molecule has 0 spiro atoms. The lowest BCUT2D eigenvalue weighted by Gasteiger charge is -1.96. The predicted molar refractivity (Wildman–Crippen MR) is 61.5 cm³/mol. The second kappa shape index (κ2) is 5.55. The van der Waals surface area contributed by atoms with Gasteiger partial charge in [0.25, 0.3) is 0 Å². The molecule has 0 unspecified atom stereocenters. The molecular weight excluding hydrogens is 299 g/mol. The van der Waals surface area contributed by atoms with Crippen LogP contribution in [0.2, 0.25) is 0 Å². The summed E-state index contributed by atoms with van der Waals surface area (Å²) in [6, 6.07) is 4.97. The fraction of sp³-hybridized carbons (Fsp3) is 0.200. The second-order valence-electron chi connectivity index (χ2n) is 2.55. The van der Waals surface area contributed by atoms with Crippen LogP contribution in [0.5, 0.6) is 0 Å². The van der Waals surface area contributed by atoms with E-state index >= 15 is 0 Å². The zero-order chi connectivity index (χ0) is 9.68. The second-order valence-corrected chi connectivity index (χ2v) is 4.20. The van der Waals surface area contributed by atoms with Crippen molar-refractivity contribution < 1.29 is 4.39 Å². The van der Waals surface area contributed by atoms with E-state index in [1.807, 2.05) is 6.08 Å². The van der Waals surface area contributed by atoms with Gasteiger partial charge in [0.15, 0.2) is 0 Å². The molecule has 3 heteroatoms. The van der Waals surface area contributed by atoms with Gasteiger partial charge in [-0.1, -0.05) is 34.1 Å². The molecule has 0 amide bonds. The molecule has 0 heterocycles. The maximum absolute atomic E-state index is 12.8. The molecule has 70 valence electrons. The largest absolute Gasteiger partial charge is 0.206 e. The van der Waals surface area contributed by atoms with Crippen molar-refractivity contribution in [3.8, 4) is 0 Å². The summed E-state index contributed by atoms with van der Waals surface area (Å²) >= 11 is 6.47. The highest BCUT2D eigenvalue weighted by atomic mass is 79.9. The van der Waals surface area contributed by atoms with Crippen LogP contribution in [0, 0.1) is 5.82 Å². The molecule has 0 aromatic heterocycles. The fourth-order valence-corrected chi connectivity index (χ4v) is 1.56. The van der Waals surface area contributed by atoms with Crippen molar-refractivity contribution in [1.29, 1.82) is 0 Å². The first-order valence-corrected chi connectivity index (χ1v) is 5.83. The van der Waals surface area contributed by atoms with E-state index in [4.69, 9.17) is 0 Å². The maximum atomic E-state index is 12.8. The van der Waals surface area contributed by atoms with Crippen molar-refractivity contribution in [3.05, 3.63) is 40.1 Å². The third-order valence-electron chi connectivity index (χ3n) is 1.53. The Balaban J connectivity index is 2.73. The molecule has 1 aromatic rings. The van der Waals surface area contributed by atoms with E-state index in [0.717, 1.165) is 17.3 Å². The van der Waals surface area contributed by atoms with Gasteiger partial charge in [0.1, 0.15) is 5.82 Å². The third kappa shape index (κ3) is 3.61. The molecule has 1 aromatic carbocycles. The van der Waals surface area contributed by atoms with Crippen LogP contribution < -0.4 is 0 Å². The zero-order valence-corrected chi connectivity index (χ0v) is 10.1. The molecule has 0 atom stereocenters. The first-order valence-electron chi connectivity index (χ1n) is 3.91. The highest BCUT2D eigenvalue weighted by Gasteiger charge is 1.96. The molecule has 0 radical (unpaired) electrons. The van der Waals surface area contributed by atoms with Gasteiger partial charge in [0.05, 0.1) is 4.47 Å². The van der Waals surface area contributed by atoms with E-state index in [9.17, 15) is 4.39 Å². The Kier molecular flexibility index (Phi) is 4.67. The summed E-state index contributed by atoms with van der Waals surface area (Å²) in [5.74, 6) is -0.224. The summed E-state index contributed by atoms with van der Waals surface area (Å²) < 4.78 is 13.3. The van der Waals surface area contributed by atoms with E-state index in [1.54, 1.807) is 12.1 Å². The lowest BCUT2D eigenvalue weighted by molar-refractivity contribution is 0.621. The SMILES string of the molecule is Fc1ccc(C=CCCBr)cc1Br. The molecular formula is C10H9Br2F. The Labute approximate surface area is 94.1 Å². The van der Waals surface area contributed by atoms with E-state index in [0.29, 0.717) is 4.47 Å². The third-order valence-corrected chi connectivity index (χ3v) is 2.60. The molecule has 0 aliphatic rings. The van der Waals surface area contributed by atoms with Crippen LogP contribution >= 0.6 is 31.9 Å². The minimum absolute atomic E-state index is 0.224. The summed E-state index contributed by atoms with van der Waals surface area (Å²) in [5, 5.41) is 0.950. The number of allylic oxidation sites excluding steroid dienone is 1. The van der Waals surface area contributed by atoms with Crippen molar-refractivity contribution in [2.45, 2.75) is 6.42 Å². The molecule has 0 bridgehead atoms. The average Bonchev–Trinajstić information content (AvgIpc) is 2.12. The quantitative estimate of drug-likeness (QED) is 0.727. The van der Waals surface area contributed by atoms with Gasteiger partial charge in [-0.2, -0.15) is 0 Å². The smallest absolute Gasteiger partial charge is 0.137 e. The summed E-state index contributed by atoms with van der Waals surface area (Å²) in [7, 11) is 0. The molecule has 0 saturated carbocycles. The summed E-state index contributed by atoms with van der Waals surface area (Å²) in [6.45, 7) is 0. The molecule has 0 nitrogen and oxygen atoms in total. The summed E-state index contributed by atoms with van der Waals surface area (Å²) in [6.07, 6.45) is 5.01. The molecule has 0 aliphatic carbocycles. The van der Waals surface area contributed by atoms with Crippen LogP contribution in [0.15, 0.2) is 28.7 Å². The van der Waals surface area contributed by atoms with Crippen LogP contribution in [0.1, 0.15) is 12.0 Å². The molecule has 1 rings (SSSR count).